The van der Waals surface area contributed by atoms with Crippen LogP contribution in [-0.4, -0.2) is 53.9 Å². The van der Waals surface area contributed by atoms with Gasteiger partial charge < -0.3 is 19.8 Å². The normalized spacial score (nSPS) is 12.4. The van der Waals surface area contributed by atoms with Crippen LogP contribution in [0.25, 0.3) is 0 Å². The Balaban J connectivity index is 2.62. The first-order valence-corrected chi connectivity index (χ1v) is 6.28. The quantitative estimate of drug-likeness (QED) is 0.735. The maximum atomic E-state index is 10.8. The minimum Gasteiger partial charge on any atom is -0.489 e. The van der Waals surface area contributed by atoms with Gasteiger partial charge in [-0.2, -0.15) is 0 Å². The molecule has 106 valence electrons. The molecule has 2 N–H and O–H groups in total. The van der Waals surface area contributed by atoms with Gasteiger partial charge in [0.1, 0.15) is 11.9 Å². The molecular formula is C14H21NO4. The Kier molecular flexibility index (Phi) is 6.32. The first kappa shape index (κ1) is 15.5. The summed E-state index contributed by atoms with van der Waals surface area (Å²) < 4.78 is 5.78. The van der Waals surface area contributed by atoms with Crippen LogP contribution in [0, 0.1) is 0 Å². The van der Waals surface area contributed by atoms with Crippen LogP contribution in [0.5, 0.6) is 5.75 Å². The fourth-order valence-electron chi connectivity index (χ4n) is 1.88. The van der Waals surface area contributed by atoms with Crippen molar-refractivity contribution in [2.24, 2.45) is 0 Å². The van der Waals surface area contributed by atoms with E-state index in [4.69, 9.17) is 14.9 Å². The second-order valence-electron chi connectivity index (χ2n) is 4.59. The molecule has 0 saturated heterocycles. The molecule has 1 aromatic carbocycles. The molecule has 1 atom stereocenters. The minimum absolute atomic E-state index is 0.0463. The van der Waals surface area contributed by atoms with Crippen molar-refractivity contribution in [3.05, 3.63) is 29.8 Å². The number of benzene rings is 1. The Bertz CT molecular complexity index is 408. The van der Waals surface area contributed by atoms with E-state index in [0.717, 1.165) is 0 Å². The number of aliphatic hydroxyl groups excluding tert-OH is 1. The van der Waals surface area contributed by atoms with Crippen molar-refractivity contribution in [1.29, 1.82) is 0 Å². The highest BCUT2D eigenvalue weighted by atomic mass is 16.5. The van der Waals surface area contributed by atoms with Crippen LogP contribution >= 0.6 is 0 Å². The van der Waals surface area contributed by atoms with Gasteiger partial charge in [-0.15, -0.1) is 0 Å². The molecule has 0 aliphatic rings. The van der Waals surface area contributed by atoms with Crippen molar-refractivity contribution in [2.45, 2.75) is 19.4 Å². The molecule has 5 heteroatoms. The molecule has 1 rings (SSSR count). The van der Waals surface area contributed by atoms with E-state index < -0.39 is 5.97 Å². The van der Waals surface area contributed by atoms with E-state index in [1.165, 1.54) is 0 Å². The topological polar surface area (TPSA) is 70.0 Å². The van der Waals surface area contributed by atoms with Gasteiger partial charge in [0, 0.05) is 18.7 Å². The van der Waals surface area contributed by atoms with Gasteiger partial charge in [0.05, 0.1) is 13.0 Å². The van der Waals surface area contributed by atoms with Gasteiger partial charge in [-0.05, 0) is 20.0 Å². The number of hydrogen-bond donors (Lipinski definition) is 2. The molecule has 0 amide bonds. The molecule has 0 aromatic heterocycles. The van der Waals surface area contributed by atoms with Crippen molar-refractivity contribution in [2.75, 3.05) is 26.7 Å². The summed E-state index contributed by atoms with van der Waals surface area (Å²) in [6.45, 7) is 3.29. The zero-order chi connectivity index (χ0) is 14.3. The van der Waals surface area contributed by atoms with Crippen LogP contribution in [0.15, 0.2) is 24.3 Å². The maximum Gasteiger partial charge on any atom is 0.307 e. The third kappa shape index (κ3) is 5.72. The Labute approximate surface area is 113 Å². The lowest BCUT2D eigenvalue weighted by atomic mass is 10.1. The smallest absolute Gasteiger partial charge is 0.307 e. The lowest BCUT2D eigenvalue weighted by Crippen LogP contribution is -2.33. The number of nitrogens with zero attached hydrogens (tertiary/aromatic N) is 1. The third-order valence-electron chi connectivity index (χ3n) is 2.69. The fraction of sp³-hybridized carbons (Fsp3) is 0.500. The summed E-state index contributed by atoms with van der Waals surface area (Å²) >= 11 is 0. The van der Waals surface area contributed by atoms with Crippen molar-refractivity contribution in [3.8, 4) is 5.75 Å². The molecule has 0 fully saturated rings. The zero-order valence-electron chi connectivity index (χ0n) is 11.4. The molecule has 0 radical (unpaired) electrons. The first-order chi connectivity index (χ1) is 9.02. The molecule has 0 spiro atoms. The number of carboxylic acid groups (broad SMARTS) is 1. The summed E-state index contributed by atoms with van der Waals surface area (Å²) in [4.78, 5) is 12.7. The molecule has 0 saturated carbocycles. The van der Waals surface area contributed by atoms with E-state index in [9.17, 15) is 4.79 Å². The van der Waals surface area contributed by atoms with Crippen LogP contribution < -0.4 is 4.74 Å². The fourth-order valence-corrected chi connectivity index (χ4v) is 1.88. The Morgan fingerprint density at radius 3 is 2.74 bits per heavy atom. The molecule has 1 aromatic rings. The van der Waals surface area contributed by atoms with E-state index in [-0.39, 0.29) is 19.1 Å². The average Bonchev–Trinajstić information content (AvgIpc) is 2.31. The predicted octanol–water partition coefficient (Wildman–Crippen LogP) is 1.01. The average molecular weight is 267 g/mol. The van der Waals surface area contributed by atoms with Crippen LogP contribution in [-0.2, 0) is 11.2 Å². The van der Waals surface area contributed by atoms with E-state index in [1.807, 2.05) is 24.9 Å². The van der Waals surface area contributed by atoms with Gasteiger partial charge in [-0.3, -0.25) is 4.79 Å². The SMILES string of the molecule is CC(CN(C)CCO)Oc1ccccc1CC(=O)O. The number of carboxylic acids is 1. The number of ether oxygens (including phenoxy) is 1. The second kappa shape index (κ2) is 7.76. The molecular weight excluding hydrogens is 246 g/mol. The summed E-state index contributed by atoms with van der Waals surface area (Å²) in [5.74, 6) is -0.268. The van der Waals surface area contributed by atoms with E-state index in [0.29, 0.717) is 24.4 Å². The zero-order valence-corrected chi connectivity index (χ0v) is 11.4. The minimum atomic E-state index is -0.874. The van der Waals surface area contributed by atoms with Crippen LogP contribution in [0.3, 0.4) is 0 Å². The third-order valence-corrected chi connectivity index (χ3v) is 2.69. The number of hydrogen-bond acceptors (Lipinski definition) is 4. The van der Waals surface area contributed by atoms with Gasteiger partial charge in [-0.1, -0.05) is 18.2 Å². The Morgan fingerprint density at radius 2 is 2.11 bits per heavy atom. The summed E-state index contributed by atoms with van der Waals surface area (Å²) in [6.07, 6.45) is -0.124. The number of aliphatic carboxylic acids is 1. The van der Waals surface area contributed by atoms with Crippen molar-refractivity contribution in [1.82, 2.24) is 4.90 Å². The number of rotatable bonds is 8. The highest BCUT2D eigenvalue weighted by molar-refractivity contribution is 5.71. The van der Waals surface area contributed by atoms with E-state index in [1.54, 1.807) is 18.2 Å². The van der Waals surface area contributed by atoms with E-state index in [2.05, 4.69) is 0 Å². The maximum absolute atomic E-state index is 10.8. The largest absolute Gasteiger partial charge is 0.489 e. The van der Waals surface area contributed by atoms with Gasteiger partial charge in [0.2, 0.25) is 0 Å². The second-order valence-corrected chi connectivity index (χ2v) is 4.59. The predicted molar refractivity (Wildman–Crippen MR) is 72.5 cm³/mol. The van der Waals surface area contributed by atoms with Crippen LogP contribution in [0.1, 0.15) is 12.5 Å². The summed E-state index contributed by atoms with van der Waals surface area (Å²) in [5, 5.41) is 17.7. The highest BCUT2D eigenvalue weighted by Crippen LogP contribution is 2.20. The number of carbonyl (C=O) groups is 1. The molecule has 0 bridgehead atoms. The van der Waals surface area contributed by atoms with Gasteiger partial charge in [0.15, 0.2) is 0 Å². The first-order valence-electron chi connectivity index (χ1n) is 6.28. The summed E-state index contributed by atoms with van der Waals surface area (Å²) in [7, 11) is 1.90. The number of para-hydroxylation sites is 1. The molecule has 5 nitrogen and oxygen atoms in total. The lowest BCUT2D eigenvalue weighted by molar-refractivity contribution is -0.136. The standard InChI is InChI=1S/C14H21NO4/c1-11(10-15(2)7-8-16)19-13-6-4-3-5-12(13)9-14(17)18/h3-6,11,16H,7-10H2,1-2H3,(H,17,18). The summed E-state index contributed by atoms with van der Waals surface area (Å²) in [5.41, 5.74) is 0.673. The monoisotopic (exact) mass is 267 g/mol. The molecule has 0 heterocycles. The van der Waals surface area contributed by atoms with Gasteiger partial charge in [0.25, 0.3) is 0 Å². The summed E-state index contributed by atoms with van der Waals surface area (Å²) in [6, 6.07) is 7.16. The van der Waals surface area contributed by atoms with Crippen molar-refractivity contribution >= 4 is 5.97 Å². The van der Waals surface area contributed by atoms with Gasteiger partial charge >= 0.3 is 5.97 Å². The highest BCUT2D eigenvalue weighted by Gasteiger charge is 2.12. The van der Waals surface area contributed by atoms with Crippen LogP contribution in [0.2, 0.25) is 0 Å². The number of likely N-dealkylation sites (N-methyl/N-ethyl adjacent to an activating group) is 1. The van der Waals surface area contributed by atoms with Crippen molar-refractivity contribution in [3.63, 3.8) is 0 Å². The lowest BCUT2D eigenvalue weighted by Gasteiger charge is -2.22. The molecule has 1 unspecified atom stereocenters. The molecule has 0 aliphatic carbocycles. The van der Waals surface area contributed by atoms with E-state index >= 15 is 0 Å². The Morgan fingerprint density at radius 1 is 1.42 bits per heavy atom. The van der Waals surface area contributed by atoms with Gasteiger partial charge in [-0.25, -0.2) is 0 Å². The number of aliphatic hydroxyl groups is 1. The van der Waals surface area contributed by atoms with Crippen LogP contribution in [0.4, 0.5) is 0 Å². The molecule has 19 heavy (non-hydrogen) atoms. The molecule has 0 aliphatic heterocycles. The van der Waals surface area contributed by atoms with Crippen molar-refractivity contribution < 1.29 is 19.7 Å². The Hall–Kier alpha value is -1.59.